The van der Waals surface area contributed by atoms with E-state index in [1.807, 2.05) is 0 Å². The Morgan fingerprint density at radius 2 is 2.04 bits per heavy atom. The number of carbonyl (C=O) groups is 2. The maximum absolute atomic E-state index is 12.4. The molecule has 2 rings (SSSR count). The molecule has 0 heterocycles. The smallest absolute Gasteiger partial charge is 0.341 e. The largest absolute Gasteiger partial charge is 0.481 e. The minimum atomic E-state index is -1.15. The second kappa shape index (κ2) is 9.42. The zero-order valence-corrected chi connectivity index (χ0v) is 16.6. The van der Waals surface area contributed by atoms with Gasteiger partial charge in [0.1, 0.15) is 17.4 Å². The van der Waals surface area contributed by atoms with Gasteiger partial charge in [0.15, 0.2) is 6.61 Å². The van der Waals surface area contributed by atoms with Crippen molar-refractivity contribution in [2.24, 2.45) is 0 Å². The SMILES string of the molecule is N#C/C(=C/c1cc(Br)ccc1OCC(=O)O)C(=O)Nc1cccc(Cl)c1Cl. The minimum absolute atomic E-state index is 0.151. The number of benzene rings is 2. The summed E-state index contributed by atoms with van der Waals surface area (Å²) in [6, 6.07) is 11.3. The van der Waals surface area contributed by atoms with Crippen LogP contribution in [0.3, 0.4) is 0 Å². The Morgan fingerprint density at radius 1 is 1.30 bits per heavy atom. The first-order valence-corrected chi connectivity index (χ1v) is 8.88. The maximum Gasteiger partial charge on any atom is 0.341 e. The van der Waals surface area contributed by atoms with Gasteiger partial charge in [0.2, 0.25) is 0 Å². The van der Waals surface area contributed by atoms with Crippen molar-refractivity contribution in [1.82, 2.24) is 0 Å². The van der Waals surface area contributed by atoms with E-state index in [-0.39, 0.29) is 27.1 Å². The number of carboxylic acids is 1. The number of rotatable bonds is 6. The summed E-state index contributed by atoms with van der Waals surface area (Å²) in [5, 5.41) is 21.0. The number of hydrogen-bond donors (Lipinski definition) is 2. The molecule has 2 N–H and O–H groups in total. The number of nitrogens with one attached hydrogen (secondary N) is 1. The highest BCUT2D eigenvalue weighted by Crippen LogP contribution is 2.30. The molecule has 0 aromatic heterocycles. The van der Waals surface area contributed by atoms with Crippen LogP contribution in [0.5, 0.6) is 5.75 Å². The Hall–Kier alpha value is -2.53. The van der Waals surface area contributed by atoms with Crippen LogP contribution >= 0.6 is 39.1 Å². The van der Waals surface area contributed by atoms with E-state index in [0.29, 0.717) is 10.0 Å². The van der Waals surface area contributed by atoms with E-state index in [9.17, 15) is 14.9 Å². The fourth-order valence-corrected chi connectivity index (χ4v) is 2.72. The highest BCUT2D eigenvalue weighted by Gasteiger charge is 2.14. The van der Waals surface area contributed by atoms with Crippen LogP contribution in [-0.4, -0.2) is 23.6 Å². The Balaban J connectivity index is 2.33. The molecular weight excluding hydrogens is 459 g/mol. The van der Waals surface area contributed by atoms with E-state index in [2.05, 4.69) is 21.2 Å². The third-order valence-corrected chi connectivity index (χ3v) is 4.50. The monoisotopic (exact) mass is 468 g/mol. The van der Waals surface area contributed by atoms with Crippen LogP contribution in [0.25, 0.3) is 6.08 Å². The number of halogens is 3. The predicted octanol–water partition coefficient (Wildman–Crippen LogP) is 4.76. The Labute approximate surface area is 173 Å². The number of hydrogen-bond acceptors (Lipinski definition) is 4. The number of aliphatic carboxylic acids is 1. The van der Waals surface area contributed by atoms with Crippen molar-refractivity contribution in [2.45, 2.75) is 0 Å². The molecule has 0 aliphatic heterocycles. The number of anilines is 1. The summed E-state index contributed by atoms with van der Waals surface area (Å²) >= 11 is 15.2. The fourth-order valence-electron chi connectivity index (χ4n) is 2.00. The van der Waals surface area contributed by atoms with E-state index in [4.69, 9.17) is 33.0 Å². The fraction of sp³-hybridized carbons (Fsp3) is 0.0556. The second-order valence-corrected chi connectivity index (χ2v) is 6.79. The molecule has 0 saturated heterocycles. The summed E-state index contributed by atoms with van der Waals surface area (Å²) in [7, 11) is 0. The summed E-state index contributed by atoms with van der Waals surface area (Å²) in [4.78, 5) is 23.1. The third kappa shape index (κ3) is 5.73. The molecule has 27 heavy (non-hydrogen) atoms. The third-order valence-electron chi connectivity index (χ3n) is 3.19. The summed E-state index contributed by atoms with van der Waals surface area (Å²) < 4.78 is 5.85. The summed E-state index contributed by atoms with van der Waals surface area (Å²) in [6.07, 6.45) is 1.29. The molecular formula is C18H11BrCl2N2O4. The van der Waals surface area contributed by atoms with Crippen LogP contribution in [-0.2, 0) is 9.59 Å². The molecule has 1 amide bonds. The van der Waals surface area contributed by atoms with Gasteiger partial charge >= 0.3 is 5.97 Å². The van der Waals surface area contributed by atoms with Crippen molar-refractivity contribution in [3.8, 4) is 11.8 Å². The lowest BCUT2D eigenvalue weighted by atomic mass is 10.1. The van der Waals surface area contributed by atoms with Gasteiger partial charge in [-0.1, -0.05) is 45.2 Å². The zero-order chi connectivity index (χ0) is 20.0. The van der Waals surface area contributed by atoms with E-state index >= 15 is 0 Å². The van der Waals surface area contributed by atoms with Crippen molar-refractivity contribution < 1.29 is 19.4 Å². The lowest BCUT2D eigenvalue weighted by Crippen LogP contribution is -2.14. The van der Waals surface area contributed by atoms with Crippen LogP contribution in [0.4, 0.5) is 5.69 Å². The van der Waals surface area contributed by atoms with Crippen LogP contribution in [0, 0.1) is 11.3 Å². The number of carbonyl (C=O) groups excluding carboxylic acids is 1. The second-order valence-electron chi connectivity index (χ2n) is 5.09. The normalized spacial score (nSPS) is 10.8. The Morgan fingerprint density at radius 3 is 2.70 bits per heavy atom. The molecule has 0 unspecified atom stereocenters. The summed E-state index contributed by atoms with van der Waals surface area (Å²) in [5.41, 5.74) is 0.380. The van der Waals surface area contributed by atoms with Crippen LogP contribution in [0.2, 0.25) is 10.0 Å². The molecule has 0 atom stereocenters. The van der Waals surface area contributed by atoms with E-state index in [1.165, 1.54) is 12.1 Å². The molecule has 2 aromatic carbocycles. The van der Waals surface area contributed by atoms with Gasteiger partial charge in [0.25, 0.3) is 5.91 Å². The quantitative estimate of drug-likeness (QED) is 0.469. The topological polar surface area (TPSA) is 99.4 Å². The standard InChI is InChI=1S/C18H11BrCl2N2O4/c19-12-4-5-15(27-9-16(24)25)10(7-12)6-11(8-22)18(26)23-14-3-1-2-13(20)17(14)21/h1-7H,9H2,(H,23,26)(H,24,25)/b11-6-. The molecule has 9 heteroatoms. The first-order chi connectivity index (χ1) is 12.8. The molecule has 0 bridgehead atoms. The van der Waals surface area contributed by atoms with Crippen molar-refractivity contribution in [3.05, 3.63) is 62.1 Å². The van der Waals surface area contributed by atoms with Gasteiger partial charge < -0.3 is 15.2 Å². The molecule has 2 aromatic rings. The van der Waals surface area contributed by atoms with Crippen molar-refractivity contribution >= 4 is 62.8 Å². The van der Waals surface area contributed by atoms with Crippen molar-refractivity contribution in [3.63, 3.8) is 0 Å². The molecule has 0 aliphatic carbocycles. The predicted molar refractivity (Wildman–Crippen MR) is 106 cm³/mol. The Bertz CT molecular complexity index is 970. The van der Waals surface area contributed by atoms with Crippen molar-refractivity contribution in [1.29, 1.82) is 5.26 Å². The van der Waals surface area contributed by atoms with Gasteiger partial charge in [-0.2, -0.15) is 5.26 Å². The zero-order valence-electron chi connectivity index (χ0n) is 13.5. The lowest BCUT2D eigenvalue weighted by molar-refractivity contribution is -0.139. The molecule has 0 aliphatic rings. The van der Waals surface area contributed by atoms with Gasteiger partial charge in [0.05, 0.1) is 15.7 Å². The summed E-state index contributed by atoms with van der Waals surface area (Å²) in [5.74, 6) is -1.64. The van der Waals surface area contributed by atoms with Crippen LogP contribution in [0.1, 0.15) is 5.56 Å². The van der Waals surface area contributed by atoms with Gasteiger partial charge in [-0.3, -0.25) is 4.79 Å². The van der Waals surface area contributed by atoms with E-state index in [1.54, 1.807) is 36.4 Å². The van der Waals surface area contributed by atoms with Crippen molar-refractivity contribution in [2.75, 3.05) is 11.9 Å². The molecule has 6 nitrogen and oxygen atoms in total. The van der Waals surface area contributed by atoms with Crippen LogP contribution in [0.15, 0.2) is 46.4 Å². The average Bonchev–Trinajstić information content (AvgIpc) is 2.62. The first-order valence-electron chi connectivity index (χ1n) is 7.33. The molecule has 0 radical (unpaired) electrons. The lowest BCUT2D eigenvalue weighted by Gasteiger charge is -2.10. The minimum Gasteiger partial charge on any atom is -0.481 e. The van der Waals surface area contributed by atoms with E-state index in [0.717, 1.165) is 0 Å². The number of ether oxygens (including phenoxy) is 1. The van der Waals surface area contributed by atoms with E-state index < -0.39 is 18.5 Å². The van der Waals surface area contributed by atoms with Gasteiger partial charge in [-0.15, -0.1) is 0 Å². The van der Waals surface area contributed by atoms with Gasteiger partial charge in [-0.05, 0) is 36.4 Å². The number of amides is 1. The van der Waals surface area contributed by atoms with Crippen LogP contribution < -0.4 is 10.1 Å². The maximum atomic E-state index is 12.4. The van der Waals surface area contributed by atoms with Gasteiger partial charge in [0, 0.05) is 10.0 Å². The number of nitriles is 1. The molecule has 0 fully saturated rings. The first kappa shape index (κ1) is 20.8. The number of carboxylic acid groups (broad SMARTS) is 1. The average molecular weight is 470 g/mol. The summed E-state index contributed by atoms with van der Waals surface area (Å²) in [6.45, 7) is -0.561. The molecule has 0 saturated carbocycles. The molecule has 0 spiro atoms. The highest BCUT2D eigenvalue weighted by molar-refractivity contribution is 9.10. The molecule has 138 valence electrons. The Kier molecular flexibility index (Phi) is 7.25. The number of nitrogens with zero attached hydrogens (tertiary/aromatic N) is 1. The van der Waals surface area contributed by atoms with Gasteiger partial charge in [-0.25, -0.2) is 4.79 Å². The highest BCUT2D eigenvalue weighted by atomic mass is 79.9.